The molecular formula is C23H30N4O2. The minimum absolute atomic E-state index is 0.159. The quantitative estimate of drug-likeness (QED) is 0.712. The van der Waals surface area contributed by atoms with Crippen LogP contribution in [0.25, 0.3) is 0 Å². The molecule has 29 heavy (non-hydrogen) atoms. The number of nitrogens with one attached hydrogen (secondary N) is 2. The summed E-state index contributed by atoms with van der Waals surface area (Å²) in [7, 11) is 0. The van der Waals surface area contributed by atoms with Gasteiger partial charge >= 0.3 is 6.03 Å². The van der Waals surface area contributed by atoms with E-state index < -0.39 is 0 Å². The summed E-state index contributed by atoms with van der Waals surface area (Å²) in [4.78, 5) is 28.1. The van der Waals surface area contributed by atoms with Crippen LogP contribution in [-0.4, -0.2) is 36.5 Å². The Balaban J connectivity index is 1.46. The molecule has 0 unspecified atom stereocenters. The fourth-order valence-electron chi connectivity index (χ4n) is 3.47. The van der Waals surface area contributed by atoms with Crippen LogP contribution in [0.3, 0.4) is 0 Å². The van der Waals surface area contributed by atoms with Crippen molar-refractivity contribution in [2.24, 2.45) is 0 Å². The average Bonchev–Trinajstić information content (AvgIpc) is 3.18. The van der Waals surface area contributed by atoms with Crippen LogP contribution in [0.1, 0.15) is 37.8 Å². The summed E-state index contributed by atoms with van der Waals surface area (Å²) >= 11 is 0. The Kier molecular flexibility index (Phi) is 7.25. The summed E-state index contributed by atoms with van der Waals surface area (Å²) < 4.78 is 0. The van der Waals surface area contributed by atoms with Gasteiger partial charge in [-0.05, 0) is 54.9 Å². The molecule has 154 valence electrons. The van der Waals surface area contributed by atoms with Gasteiger partial charge in [-0.3, -0.25) is 9.69 Å². The Bertz CT molecular complexity index is 814. The molecule has 1 aliphatic rings. The highest BCUT2D eigenvalue weighted by Gasteiger charge is 2.21. The Morgan fingerprint density at radius 3 is 2.24 bits per heavy atom. The maximum Gasteiger partial charge on any atom is 0.319 e. The summed E-state index contributed by atoms with van der Waals surface area (Å²) in [5, 5.41) is 5.72. The lowest BCUT2D eigenvalue weighted by atomic mass is 10.1. The summed E-state index contributed by atoms with van der Waals surface area (Å²) in [5.41, 5.74) is 3.92. The van der Waals surface area contributed by atoms with E-state index in [-0.39, 0.29) is 11.9 Å². The first-order valence-electron chi connectivity index (χ1n) is 10.3. The van der Waals surface area contributed by atoms with E-state index >= 15 is 0 Å². The van der Waals surface area contributed by atoms with Crippen LogP contribution < -0.4 is 15.5 Å². The Labute approximate surface area is 172 Å². The monoisotopic (exact) mass is 394 g/mol. The number of carbonyl (C=O) groups is 2. The highest BCUT2D eigenvalue weighted by Crippen LogP contribution is 2.23. The molecule has 1 heterocycles. The largest absolute Gasteiger partial charge is 0.334 e. The molecule has 1 aliphatic heterocycles. The lowest BCUT2D eigenvalue weighted by Crippen LogP contribution is -2.28. The minimum atomic E-state index is -0.248. The molecule has 0 spiro atoms. The van der Waals surface area contributed by atoms with E-state index in [2.05, 4.69) is 53.6 Å². The van der Waals surface area contributed by atoms with Crippen molar-refractivity contribution in [3.8, 4) is 0 Å². The van der Waals surface area contributed by atoms with Crippen LogP contribution in [0, 0.1) is 0 Å². The van der Waals surface area contributed by atoms with Crippen LogP contribution in [0.15, 0.2) is 48.5 Å². The normalized spacial score (nSPS) is 13.8. The third-order valence-electron chi connectivity index (χ3n) is 5.29. The zero-order valence-corrected chi connectivity index (χ0v) is 17.3. The van der Waals surface area contributed by atoms with Crippen molar-refractivity contribution in [1.82, 2.24) is 10.2 Å². The second kappa shape index (κ2) is 10.1. The predicted octanol–water partition coefficient (Wildman–Crippen LogP) is 3.98. The third-order valence-corrected chi connectivity index (χ3v) is 5.29. The van der Waals surface area contributed by atoms with Crippen LogP contribution in [0.4, 0.5) is 16.2 Å². The lowest BCUT2D eigenvalue weighted by Gasteiger charge is -2.18. The third kappa shape index (κ3) is 5.81. The summed E-state index contributed by atoms with van der Waals surface area (Å²) in [5.74, 6) is 0.159. The maximum atomic E-state index is 12.2. The van der Waals surface area contributed by atoms with Crippen molar-refractivity contribution < 1.29 is 9.59 Å². The van der Waals surface area contributed by atoms with Crippen molar-refractivity contribution in [1.29, 1.82) is 0 Å². The Hall–Kier alpha value is -2.86. The van der Waals surface area contributed by atoms with Gasteiger partial charge in [0.2, 0.25) is 5.91 Å². The Morgan fingerprint density at radius 1 is 1.00 bits per heavy atom. The maximum absolute atomic E-state index is 12.2. The molecular weight excluding hydrogens is 364 g/mol. The summed E-state index contributed by atoms with van der Waals surface area (Å²) in [6.45, 7) is 8.59. The van der Waals surface area contributed by atoms with E-state index in [4.69, 9.17) is 0 Å². The number of benzene rings is 2. The first-order chi connectivity index (χ1) is 14.1. The molecule has 3 rings (SSSR count). The van der Waals surface area contributed by atoms with Crippen molar-refractivity contribution in [2.75, 3.05) is 29.9 Å². The molecule has 6 heteroatoms. The van der Waals surface area contributed by atoms with E-state index in [0.29, 0.717) is 18.7 Å². The van der Waals surface area contributed by atoms with Crippen molar-refractivity contribution >= 4 is 23.3 Å². The zero-order valence-electron chi connectivity index (χ0n) is 17.3. The van der Waals surface area contributed by atoms with E-state index in [1.807, 2.05) is 24.3 Å². The van der Waals surface area contributed by atoms with Crippen molar-refractivity contribution in [2.45, 2.75) is 39.8 Å². The summed E-state index contributed by atoms with van der Waals surface area (Å²) in [6.07, 6.45) is 1.51. The van der Waals surface area contributed by atoms with Crippen molar-refractivity contribution in [3.63, 3.8) is 0 Å². The topological polar surface area (TPSA) is 64.7 Å². The van der Waals surface area contributed by atoms with Gasteiger partial charge in [0, 0.05) is 37.4 Å². The highest BCUT2D eigenvalue weighted by molar-refractivity contribution is 5.96. The molecule has 2 aromatic carbocycles. The average molecular weight is 395 g/mol. The molecule has 0 atom stereocenters. The number of carbonyl (C=O) groups excluding carboxylic acids is 2. The first kappa shape index (κ1) is 20.9. The van der Waals surface area contributed by atoms with E-state index in [9.17, 15) is 9.59 Å². The smallest absolute Gasteiger partial charge is 0.319 e. The molecule has 0 saturated carbocycles. The molecule has 1 saturated heterocycles. The van der Waals surface area contributed by atoms with E-state index in [0.717, 1.165) is 43.9 Å². The number of amides is 3. The number of urea groups is 1. The minimum Gasteiger partial charge on any atom is -0.334 e. The highest BCUT2D eigenvalue weighted by atomic mass is 16.2. The second-order valence-electron chi connectivity index (χ2n) is 7.28. The predicted molar refractivity (Wildman–Crippen MR) is 117 cm³/mol. The molecule has 1 fully saturated rings. The molecule has 0 aromatic heterocycles. The molecule has 2 aromatic rings. The first-order valence-corrected chi connectivity index (χ1v) is 10.3. The fraction of sp³-hybridized carbons (Fsp3) is 0.391. The second-order valence-corrected chi connectivity index (χ2v) is 7.28. The fourth-order valence-corrected chi connectivity index (χ4v) is 3.47. The van der Waals surface area contributed by atoms with Crippen molar-refractivity contribution in [3.05, 3.63) is 59.7 Å². The summed E-state index contributed by atoms with van der Waals surface area (Å²) in [6, 6.07) is 15.5. The van der Waals surface area contributed by atoms with Gasteiger partial charge in [0.05, 0.1) is 0 Å². The van der Waals surface area contributed by atoms with E-state index in [1.54, 1.807) is 4.90 Å². The molecule has 0 aliphatic carbocycles. The number of hydrogen-bond donors (Lipinski definition) is 2. The molecule has 6 nitrogen and oxygen atoms in total. The number of nitrogens with zero attached hydrogens (tertiary/aromatic N) is 2. The molecule has 2 N–H and O–H groups in total. The van der Waals surface area contributed by atoms with Gasteiger partial charge in [0.1, 0.15) is 0 Å². The molecule has 0 bridgehead atoms. The van der Waals surface area contributed by atoms with Crippen LogP contribution in [0.5, 0.6) is 0 Å². The Morgan fingerprint density at radius 2 is 1.66 bits per heavy atom. The van der Waals surface area contributed by atoms with E-state index in [1.165, 1.54) is 5.56 Å². The lowest BCUT2D eigenvalue weighted by molar-refractivity contribution is -0.117. The van der Waals surface area contributed by atoms with Gasteiger partial charge in [0.15, 0.2) is 0 Å². The SMILES string of the molecule is CCN(CC)Cc1ccc(CNC(=O)Nc2ccc(N3CCCC3=O)cc2)cc1. The van der Waals surface area contributed by atoms with Gasteiger partial charge < -0.3 is 15.5 Å². The van der Waals surface area contributed by atoms with Gasteiger partial charge in [-0.25, -0.2) is 4.79 Å². The molecule has 0 radical (unpaired) electrons. The standard InChI is InChI=1S/C23H30N4O2/c1-3-26(4-2)17-19-9-7-18(8-10-19)16-24-23(29)25-20-11-13-21(14-12-20)27-15-5-6-22(27)28/h7-14H,3-6,15-17H2,1-2H3,(H2,24,25,29). The number of anilines is 2. The van der Waals surface area contributed by atoms with Gasteiger partial charge in [-0.2, -0.15) is 0 Å². The number of hydrogen-bond acceptors (Lipinski definition) is 3. The molecule has 3 amide bonds. The zero-order chi connectivity index (χ0) is 20.6. The van der Waals surface area contributed by atoms with Crippen LogP contribution >= 0.6 is 0 Å². The van der Waals surface area contributed by atoms with Gasteiger partial charge in [-0.1, -0.05) is 38.1 Å². The van der Waals surface area contributed by atoms with Crippen LogP contribution in [0.2, 0.25) is 0 Å². The van der Waals surface area contributed by atoms with Gasteiger partial charge in [0.25, 0.3) is 0 Å². The van der Waals surface area contributed by atoms with Crippen LogP contribution in [-0.2, 0) is 17.9 Å². The van der Waals surface area contributed by atoms with Gasteiger partial charge in [-0.15, -0.1) is 0 Å². The number of rotatable bonds is 8.